The van der Waals surface area contributed by atoms with E-state index >= 15 is 0 Å². The standard InChI is InChI=1S/C24H27NO5/c26-23(14-28-19-3-4-21-22(9-19)30-15-29-21)25(13-20-2-1-5-27-20)24-10-16-6-17(11-24)8-18(7-16)12-24/h1-5,9,16-18H,6-8,10-15H2. The van der Waals surface area contributed by atoms with Crippen LogP contribution in [0.1, 0.15) is 44.3 Å². The Balaban J connectivity index is 1.23. The normalized spacial score (nSPS) is 30.5. The zero-order valence-corrected chi connectivity index (χ0v) is 17.0. The van der Waals surface area contributed by atoms with E-state index in [1.165, 1.54) is 19.3 Å². The van der Waals surface area contributed by atoms with Crippen LogP contribution in [0.2, 0.25) is 0 Å². The molecular formula is C24H27NO5. The first kappa shape index (κ1) is 18.2. The Kier molecular flexibility index (Phi) is 4.22. The van der Waals surface area contributed by atoms with Crippen molar-refractivity contribution in [3.8, 4) is 17.2 Å². The molecule has 0 unspecified atom stereocenters. The van der Waals surface area contributed by atoms with E-state index in [0.717, 1.165) is 42.8 Å². The fraction of sp³-hybridized carbons (Fsp3) is 0.542. The van der Waals surface area contributed by atoms with E-state index in [0.29, 0.717) is 23.8 Å². The van der Waals surface area contributed by atoms with Gasteiger partial charge < -0.3 is 23.5 Å². The molecule has 1 aromatic heterocycles. The minimum Gasteiger partial charge on any atom is -0.484 e. The van der Waals surface area contributed by atoms with Crippen LogP contribution >= 0.6 is 0 Å². The first-order chi connectivity index (χ1) is 14.7. The Morgan fingerprint density at radius 2 is 1.77 bits per heavy atom. The van der Waals surface area contributed by atoms with Crippen molar-refractivity contribution in [2.45, 2.75) is 50.6 Å². The predicted octanol–water partition coefficient (Wildman–Crippen LogP) is 4.38. The lowest BCUT2D eigenvalue weighted by Crippen LogP contribution is -2.61. The van der Waals surface area contributed by atoms with E-state index in [1.807, 2.05) is 24.3 Å². The third-order valence-electron chi connectivity index (χ3n) is 7.48. The predicted molar refractivity (Wildman–Crippen MR) is 108 cm³/mol. The van der Waals surface area contributed by atoms with Crippen LogP contribution in [0.3, 0.4) is 0 Å². The molecule has 5 aliphatic rings. The van der Waals surface area contributed by atoms with Gasteiger partial charge in [-0.2, -0.15) is 0 Å². The number of furan rings is 1. The van der Waals surface area contributed by atoms with Crippen LogP contribution in [-0.4, -0.2) is 29.7 Å². The highest BCUT2D eigenvalue weighted by molar-refractivity contribution is 5.78. The average Bonchev–Trinajstić information content (AvgIpc) is 3.40. The minimum absolute atomic E-state index is 0.0160. The van der Waals surface area contributed by atoms with Crippen LogP contribution in [0.25, 0.3) is 0 Å². The summed E-state index contributed by atoms with van der Waals surface area (Å²) in [5, 5.41) is 0. The molecule has 2 aromatic rings. The molecule has 6 heteroatoms. The highest BCUT2D eigenvalue weighted by Crippen LogP contribution is 2.58. The molecule has 6 nitrogen and oxygen atoms in total. The van der Waals surface area contributed by atoms with E-state index in [2.05, 4.69) is 4.90 Å². The summed E-state index contributed by atoms with van der Waals surface area (Å²) >= 11 is 0. The van der Waals surface area contributed by atoms with Crippen molar-refractivity contribution >= 4 is 5.91 Å². The van der Waals surface area contributed by atoms with Crippen LogP contribution in [0.4, 0.5) is 0 Å². The molecule has 4 fully saturated rings. The molecule has 1 amide bonds. The van der Waals surface area contributed by atoms with Gasteiger partial charge in [0, 0.05) is 11.6 Å². The molecular weight excluding hydrogens is 382 g/mol. The lowest BCUT2D eigenvalue weighted by Gasteiger charge is -2.60. The third-order valence-corrected chi connectivity index (χ3v) is 7.48. The van der Waals surface area contributed by atoms with Gasteiger partial charge in [-0.25, -0.2) is 0 Å². The quantitative estimate of drug-likeness (QED) is 0.708. The summed E-state index contributed by atoms with van der Waals surface area (Å²) in [5.41, 5.74) is -0.0448. The summed E-state index contributed by atoms with van der Waals surface area (Å²) in [4.78, 5) is 15.6. The Hall–Kier alpha value is -2.63. The fourth-order valence-corrected chi connectivity index (χ4v) is 6.66. The lowest BCUT2D eigenvalue weighted by molar-refractivity contribution is -0.155. The number of amides is 1. The maximum Gasteiger partial charge on any atom is 0.261 e. The molecule has 7 rings (SSSR count). The first-order valence-electron chi connectivity index (χ1n) is 11.0. The molecule has 0 N–H and O–H groups in total. The molecule has 0 radical (unpaired) electrons. The van der Waals surface area contributed by atoms with Crippen molar-refractivity contribution in [3.05, 3.63) is 42.4 Å². The largest absolute Gasteiger partial charge is 0.484 e. The van der Waals surface area contributed by atoms with Gasteiger partial charge in [0.2, 0.25) is 6.79 Å². The summed E-state index contributed by atoms with van der Waals surface area (Å²) in [6.07, 6.45) is 9.07. The average molecular weight is 409 g/mol. The number of hydrogen-bond acceptors (Lipinski definition) is 5. The van der Waals surface area contributed by atoms with Gasteiger partial charge in [-0.3, -0.25) is 4.79 Å². The Morgan fingerprint density at radius 1 is 1.03 bits per heavy atom. The summed E-state index contributed by atoms with van der Waals surface area (Å²) < 4.78 is 22.3. The highest BCUT2D eigenvalue weighted by Gasteiger charge is 2.54. The van der Waals surface area contributed by atoms with Gasteiger partial charge in [-0.05, 0) is 80.5 Å². The molecule has 158 valence electrons. The van der Waals surface area contributed by atoms with Gasteiger partial charge in [0.05, 0.1) is 12.8 Å². The van der Waals surface area contributed by atoms with Crippen LogP contribution in [0, 0.1) is 17.8 Å². The number of benzene rings is 1. The molecule has 1 aliphatic heterocycles. The molecule has 4 bridgehead atoms. The second kappa shape index (κ2) is 6.96. The van der Waals surface area contributed by atoms with Gasteiger partial charge in [-0.15, -0.1) is 0 Å². The molecule has 0 atom stereocenters. The van der Waals surface area contributed by atoms with Crippen molar-refractivity contribution < 1.29 is 23.4 Å². The van der Waals surface area contributed by atoms with Crippen LogP contribution in [-0.2, 0) is 11.3 Å². The topological polar surface area (TPSA) is 61.1 Å². The van der Waals surface area contributed by atoms with Gasteiger partial charge in [-0.1, -0.05) is 0 Å². The zero-order valence-electron chi connectivity index (χ0n) is 17.0. The minimum atomic E-state index is -0.0448. The Bertz CT molecular complexity index is 902. The van der Waals surface area contributed by atoms with E-state index in [9.17, 15) is 4.79 Å². The van der Waals surface area contributed by atoms with Crippen molar-refractivity contribution in [3.63, 3.8) is 0 Å². The zero-order chi connectivity index (χ0) is 20.1. The van der Waals surface area contributed by atoms with Gasteiger partial charge in [0.15, 0.2) is 18.1 Å². The second-order valence-corrected chi connectivity index (χ2v) is 9.50. The number of carbonyl (C=O) groups excluding carboxylic acids is 1. The molecule has 30 heavy (non-hydrogen) atoms. The van der Waals surface area contributed by atoms with E-state index in [-0.39, 0.29) is 24.8 Å². The third kappa shape index (κ3) is 3.13. The molecule has 1 aromatic carbocycles. The maximum absolute atomic E-state index is 13.5. The smallest absolute Gasteiger partial charge is 0.261 e. The van der Waals surface area contributed by atoms with E-state index < -0.39 is 0 Å². The molecule has 0 spiro atoms. The summed E-state index contributed by atoms with van der Waals surface area (Å²) in [5.74, 6) is 5.15. The van der Waals surface area contributed by atoms with Crippen LogP contribution in [0.15, 0.2) is 41.0 Å². The summed E-state index contributed by atoms with van der Waals surface area (Å²) in [7, 11) is 0. The lowest BCUT2D eigenvalue weighted by atomic mass is 9.52. The van der Waals surface area contributed by atoms with Gasteiger partial charge >= 0.3 is 0 Å². The van der Waals surface area contributed by atoms with E-state index in [1.54, 1.807) is 12.3 Å². The Labute approximate surface area is 176 Å². The van der Waals surface area contributed by atoms with Crippen molar-refractivity contribution in [2.75, 3.05) is 13.4 Å². The Morgan fingerprint density at radius 3 is 2.47 bits per heavy atom. The molecule has 4 saturated carbocycles. The SMILES string of the molecule is O=C(COc1ccc2c(c1)OCO2)N(Cc1ccco1)C12CC3CC(CC(C3)C1)C2. The number of ether oxygens (including phenoxy) is 3. The fourth-order valence-electron chi connectivity index (χ4n) is 6.66. The van der Waals surface area contributed by atoms with Gasteiger partial charge in [0.25, 0.3) is 5.91 Å². The number of rotatable bonds is 6. The second-order valence-electron chi connectivity index (χ2n) is 9.50. The first-order valence-corrected chi connectivity index (χ1v) is 11.0. The summed E-state index contributed by atoms with van der Waals surface area (Å²) in [6.45, 7) is 0.755. The number of nitrogens with zero attached hydrogens (tertiary/aromatic N) is 1. The highest BCUT2D eigenvalue weighted by atomic mass is 16.7. The maximum atomic E-state index is 13.5. The number of carbonyl (C=O) groups is 1. The van der Waals surface area contributed by atoms with Crippen molar-refractivity contribution in [2.24, 2.45) is 17.8 Å². The van der Waals surface area contributed by atoms with Gasteiger partial charge in [0.1, 0.15) is 11.5 Å². The number of hydrogen-bond donors (Lipinski definition) is 0. The van der Waals surface area contributed by atoms with Crippen molar-refractivity contribution in [1.82, 2.24) is 4.90 Å². The van der Waals surface area contributed by atoms with Crippen LogP contribution in [0.5, 0.6) is 17.2 Å². The molecule has 4 aliphatic carbocycles. The van der Waals surface area contributed by atoms with E-state index in [4.69, 9.17) is 18.6 Å². The molecule has 2 heterocycles. The van der Waals surface area contributed by atoms with Crippen LogP contribution < -0.4 is 14.2 Å². The summed E-state index contributed by atoms with van der Waals surface area (Å²) in [6, 6.07) is 9.28. The number of fused-ring (bicyclic) bond motifs is 1. The van der Waals surface area contributed by atoms with Crippen molar-refractivity contribution in [1.29, 1.82) is 0 Å². The monoisotopic (exact) mass is 409 g/mol. The molecule has 0 saturated heterocycles.